The van der Waals surface area contributed by atoms with Gasteiger partial charge in [-0.25, -0.2) is 4.79 Å². The summed E-state index contributed by atoms with van der Waals surface area (Å²) in [6.45, 7) is 3.09. The van der Waals surface area contributed by atoms with E-state index in [-0.39, 0.29) is 19.0 Å². The zero-order valence-electron chi connectivity index (χ0n) is 13.2. The average Bonchev–Trinajstić information content (AvgIpc) is 2.45. The lowest BCUT2D eigenvalue weighted by molar-refractivity contribution is -0.139. The van der Waals surface area contributed by atoms with Crippen LogP contribution in [-0.2, 0) is 9.53 Å². The van der Waals surface area contributed by atoms with Crippen molar-refractivity contribution in [1.82, 2.24) is 15.1 Å². The van der Waals surface area contributed by atoms with E-state index in [1.54, 1.807) is 11.9 Å². The molecule has 2 N–H and O–H groups in total. The predicted octanol–water partition coefficient (Wildman–Crippen LogP) is 0.459. The van der Waals surface area contributed by atoms with E-state index in [0.717, 1.165) is 32.5 Å². The third-order valence-corrected chi connectivity index (χ3v) is 3.93. The summed E-state index contributed by atoms with van der Waals surface area (Å²) in [7, 11) is 5.33. The molecule has 1 aliphatic heterocycles. The van der Waals surface area contributed by atoms with Crippen molar-refractivity contribution in [3.63, 3.8) is 0 Å². The molecule has 1 aliphatic rings. The van der Waals surface area contributed by atoms with Gasteiger partial charge in [-0.05, 0) is 38.9 Å². The summed E-state index contributed by atoms with van der Waals surface area (Å²) in [5.74, 6) is -0.398. The Labute approximate surface area is 126 Å². The second kappa shape index (κ2) is 8.84. The molecule has 21 heavy (non-hydrogen) atoms. The molecule has 0 aliphatic carbocycles. The first-order valence-corrected chi connectivity index (χ1v) is 7.34. The molecule has 1 heterocycles. The zero-order chi connectivity index (χ0) is 15.8. The van der Waals surface area contributed by atoms with Crippen LogP contribution < -0.4 is 5.32 Å². The lowest BCUT2D eigenvalue weighted by atomic mass is 9.97. The molecule has 0 saturated carbocycles. The monoisotopic (exact) mass is 301 g/mol. The van der Waals surface area contributed by atoms with E-state index in [1.165, 1.54) is 7.11 Å². The van der Waals surface area contributed by atoms with E-state index in [0.29, 0.717) is 5.92 Å². The highest BCUT2D eigenvalue weighted by atomic mass is 16.5. The summed E-state index contributed by atoms with van der Waals surface area (Å²) in [5, 5.41) is 11.4. The SMILES string of the molecule is COC(CNC(=O)N(C)CC1CCN(C)CC1)CC(=O)O. The number of likely N-dealkylation sites (tertiary alicyclic amines) is 1. The Bertz CT molecular complexity index is 343. The maximum atomic E-state index is 12.0. The van der Waals surface area contributed by atoms with Crippen molar-refractivity contribution in [3.05, 3.63) is 0 Å². The molecule has 0 radical (unpaired) electrons. The quantitative estimate of drug-likeness (QED) is 0.714. The van der Waals surface area contributed by atoms with Crippen molar-refractivity contribution < 1.29 is 19.4 Å². The van der Waals surface area contributed by atoms with Crippen LogP contribution in [0, 0.1) is 5.92 Å². The second-order valence-electron chi connectivity index (χ2n) is 5.77. The summed E-state index contributed by atoms with van der Waals surface area (Å²) in [6.07, 6.45) is 1.60. The number of carboxylic acid groups (broad SMARTS) is 1. The number of piperidine rings is 1. The minimum Gasteiger partial charge on any atom is -0.481 e. The number of aliphatic carboxylic acids is 1. The van der Waals surface area contributed by atoms with Gasteiger partial charge in [0.25, 0.3) is 0 Å². The number of nitrogens with zero attached hydrogens (tertiary/aromatic N) is 2. The van der Waals surface area contributed by atoms with Gasteiger partial charge in [0.05, 0.1) is 12.5 Å². The van der Waals surface area contributed by atoms with Crippen LogP contribution in [-0.4, -0.2) is 80.4 Å². The van der Waals surface area contributed by atoms with Crippen molar-refractivity contribution in [3.8, 4) is 0 Å². The van der Waals surface area contributed by atoms with Crippen LogP contribution in [0.5, 0.6) is 0 Å². The highest BCUT2D eigenvalue weighted by Crippen LogP contribution is 2.16. The van der Waals surface area contributed by atoms with E-state index < -0.39 is 12.1 Å². The molecule has 7 heteroatoms. The van der Waals surface area contributed by atoms with Crippen LogP contribution in [0.25, 0.3) is 0 Å². The van der Waals surface area contributed by atoms with Crippen LogP contribution in [0.15, 0.2) is 0 Å². The molecule has 0 aromatic rings. The van der Waals surface area contributed by atoms with Crippen LogP contribution in [0.1, 0.15) is 19.3 Å². The summed E-state index contributed by atoms with van der Waals surface area (Å²) in [6, 6.07) is -0.179. The molecule has 0 aromatic heterocycles. The second-order valence-corrected chi connectivity index (χ2v) is 5.77. The van der Waals surface area contributed by atoms with Gasteiger partial charge in [-0.15, -0.1) is 0 Å². The predicted molar refractivity (Wildman–Crippen MR) is 79.3 cm³/mol. The number of nitrogens with one attached hydrogen (secondary N) is 1. The third kappa shape index (κ3) is 6.77. The molecule has 1 unspecified atom stereocenters. The van der Waals surface area contributed by atoms with E-state index in [4.69, 9.17) is 9.84 Å². The number of urea groups is 1. The lowest BCUT2D eigenvalue weighted by Crippen LogP contribution is -2.44. The summed E-state index contributed by atoms with van der Waals surface area (Å²) in [4.78, 5) is 26.6. The Hall–Kier alpha value is -1.34. The zero-order valence-corrected chi connectivity index (χ0v) is 13.2. The van der Waals surface area contributed by atoms with Gasteiger partial charge in [-0.2, -0.15) is 0 Å². The number of hydrogen-bond donors (Lipinski definition) is 2. The number of methoxy groups -OCH3 is 1. The molecule has 122 valence electrons. The van der Waals surface area contributed by atoms with Gasteiger partial charge in [0, 0.05) is 27.2 Å². The molecule has 1 atom stereocenters. The highest BCUT2D eigenvalue weighted by Gasteiger charge is 2.21. The van der Waals surface area contributed by atoms with Crippen LogP contribution in [0.2, 0.25) is 0 Å². The van der Waals surface area contributed by atoms with E-state index in [1.807, 2.05) is 0 Å². The molecule has 1 rings (SSSR count). The summed E-state index contributed by atoms with van der Waals surface area (Å²) < 4.78 is 5.03. The van der Waals surface area contributed by atoms with Crippen molar-refractivity contribution in [2.24, 2.45) is 5.92 Å². The normalized spacial score (nSPS) is 18.2. The van der Waals surface area contributed by atoms with Crippen molar-refractivity contribution in [2.45, 2.75) is 25.4 Å². The lowest BCUT2D eigenvalue weighted by Gasteiger charge is -2.31. The number of carbonyl (C=O) groups is 2. The molecule has 2 amide bonds. The number of rotatable bonds is 7. The maximum Gasteiger partial charge on any atom is 0.317 e. The summed E-state index contributed by atoms with van der Waals surface area (Å²) >= 11 is 0. The van der Waals surface area contributed by atoms with Crippen molar-refractivity contribution in [1.29, 1.82) is 0 Å². The van der Waals surface area contributed by atoms with Gasteiger partial charge in [0.2, 0.25) is 0 Å². The van der Waals surface area contributed by atoms with E-state index in [2.05, 4.69) is 17.3 Å². The molecule has 0 aromatic carbocycles. The molecule has 7 nitrogen and oxygen atoms in total. The highest BCUT2D eigenvalue weighted by molar-refractivity contribution is 5.74. The molecule has 0 bridgehead atoms. The molecule has 1 saturated heterocycles. The van der Waals surface area contributed by atoms with Crippen molar-refractivity contribution in [2.75, 3.05) is 47.4 Å². The van der Waals surface area contributed by atoms with Gasteiger partial charge in [-0.3, -0.25) is 4.79 Å². The smallest absolute Gasteiger partial charge is 0.317 e. The number of hydrogen-bond acceptors (Lipinski definition) is 4. The average molecular weight is 301 g/mol. The molecule has 1 fully saturated rings. The standard InChI is InChI=1S/C14H27N3O4/c1-16-6-4-11(5-7-16)10-17(2)14(20)15-9-12(21-3)8-13(18)19/h11-12H,4-10H2,1-3H3,(H,15,20)(H,18,19). The Balaban J connectivity index is 2.28. The molecular formula is C14H27N3O4. The van der Waals surface area contributed by atoms with Gasteiger partial charge in [-0.1, -0.05) is 0 Å². The summed E-state index contributed by atoms with van der Waals surface area (Å²) in [5.41, 5.74) is 0. The minimum atomic E-state index is -0.934. The largest absolute Gasteiger partial charge is 0.481 e. The molecule has 0 spiro atoms. The fraction of sp³-hybridized carbons (Fsp3) is 0.857. The first-order chi connectivity index (χ1) is 9.92. The van der Waals surface area contributed by atoms with Crippen molar-refractivity contribution >= 4 is 12.0 Å². The fourth-order valence-corrected chi connectivity index (χ4v) is 2.48. The Morgan fingerprint density at radius 2 is 2.05 bits per heavy atom. The van der Waals surface area contributed by atoms with Gasteiger partial charge < -0.3 is 25.0 Å². The number of carboxylic acids is 1. The Morgan fingerprint density at radius 1 is 1.43 bits per heavy atom. The first-order valence-electron chi connectivity index (χ1n) is 7.34. The van der Waals surface area contributed by atoms with Crippen LogP contribution in [0.3, 0.4) is 0 Å². The number of amides is 2. The fourth-order valence-electron chi connectivity index (χ4n) is 2.48. The topological polar surface area (TPSA) is 82.1 Å². The van der Waals surface area contributed by atoms with Crippen LogP contribution >= 0.6 is 0 Å². The van der Waals surface area contributed by atoms with Gasteiger partial charge in [0.15, 0.2) is 0 Å². The van der Waals surface area contributed by atoms with E-state index in [9.17, 15) is 9.59 Å². The van der Waals surface area contributed by atoms with Crippen LogP contribution in [0.4, 0.5) is 4.79 Å². The third-order valence-electron chi connectivity index (χ3n) is 3.93. The van der Waals surface area contributed by atoms with Gasteiger partial charge >= 0.3 is 12.0 Å². The Morgan fingerprint density at radius 3 is 2.57 bits per heavy atom. The van der Waals surface area contributed by atoms with E-state index >= 15 is 0 Å². The number of carbonyl (C=O) groups excluding carboxylic acids is 1. The number of ether oxygens (including phenoxy) is 1. The Kier molecular flexibility index (Phi) is 7.45. The first kappa shape index (κ1) is 17.7. The molecular weight excluding hydrogens is 274 g/mol. The minimum absolute atomic E-state index is 0.116. The maximum absolute atomic E-state index is 12.0. The van der Waals surface area contributed by atoms with Gasteiger partial charge in [0.1, 0.15) is 0 Å².